The number of benzene rings is 2. The Balaban J connectivity index is 1.63. The predicted octanol–water partition coefficient (Wildman–Crippen LogP) is 3.67. The van der Waals surface area contributed by atoms with E-state index in [-0.39, 0.29) is 18.8 Å². The molecule has 0 aliphatic carbocycles. The molecule has 2 unspecified atom stereocenters. The fourth-order valence-corrected chi connectivity index (χ4v) is 3.37. The van der Waals surface area contributed by atoms with Crippen LogP contribution in [0.3, 0.4) is 0 Å². The molecule has 0 bridgehead atoms. The first-order valence-electron chi connectivity index (χ1n) is 8.61. The molecule has 2 aromatic rings. The van der Waals surface area contributed by atoms with Gasteiger partial charge in [0.25, 0.3) is 0 Å². The third-order valence-electron chi connectivity index (χ3n) is 4.64. The summed E-state index contributed by atoms with van der Waals surface area (Å²) in [6, 6.07) is 15.9. The minimum Gasteiger partial charge on any atom is -0.489 e. The molecule has 4 nitrogen and oxygen atoms in total. The average Bonchev–Trinajstić information content (AvgIpc) is 2.64. The van der Waals surface area contributed by atoms with Gasteiger partial charge in [-0.3, -0.25) is 4.90 Å². The number of hydrogen-bond acceptors (Lipinski definition) is 4. The summed E-state index contributed by atoms with van der Waals surface area (Å²) in [5.74, 6) is 0.805. The first-order valence-corrected chi connectivity index (χ1v) is 8.99. The quantitative estimate of drug-likeness (QED) is 0.852. The molecule has 0 amide bonds. The largest absolute Gasteiger partial charge is 0.489 e. The van der Waals surface area contributed by atoms with Crippen LogP contribution in [0.2, 0.25) is 5.02 Å². The van der Waals surface area contributed by atoms with Crippen molar-refractivity contribution in [2.24, 2.45) is 0 Å². The van der Waals surface area contributed by atoms with Gasteiger partial charge in [-0.25, -0.2) is 0 Å². The summed E-state index contributed by atoms with van der Waals surface area (Å²) in [5, 5.41) is 9.91. The average molecular weight is 362 g/mol. The van der Waals surface area contributed by atoms with Crippen molar-refractivity contribution in [2.75, 3.05) is 26.3 Å². The fraction of sp³-hybridized carbons (Fsp3) is 0.400. The molecule has 25 heavy (non-hydrogen) atoms. The van der Waals surface area contributed by atoms with Gasteiger partial charge < -0.3 is 14.6 Å². The molecule has 2 atom stereocenters. The van der Waals surface area contributed by atoms with Crippen LogP contribution in [0.15, 0.2) is 48.5 Å². The van der Waals surface area contributed by atoms with Gasteiger partial charge in [0.05, 0.1) is 19.3 Å². The molecule has 1 N–H and O–H groups in total. The summed E-state index contributed by atoms with van der Waals surface area (Å²) in [7, 11) is 0. The van der Waals surface area contributed by atoms with E-state index in [1.807, 2.05) is 48.5 Å². The predicted molar refractivity (Wildman–Crippen MR) is 99.0 cm³/mol. The lowest BCUT2D eigenvalue weighted by Gasteiger charge is -2.39. The fourth-order valence-electron chi connectivity index (χ4n) is 3.18. The molecule has 3 rings (SSSR count). The van der Waals surface area contributed by atoms with Gasteiger partial charge in [-0.2, -0.15) is 0 Å². The molecule has 0 spiro atoms. The van der Waals surface area contributed by atoms with E-state index in [1.165, 1.54) is 0 Å². The first-order chi connectivity index (χ1) is 12.2. The molecule has 1 aliphatic rings. The van der Waals surface area contributed by atoms with Gasteiger partial charge in [-0.15, -0.1) is 0 Å². The molecule has 1 heterocycles. The second kappa shape index (κ2) is 8.68. The molecule has 0 aromatic heterocycles. The van der Waals surface area contributed by atoms with Crippen LogP contribution in [0.25, 0.3) is 0 Å². The van der Waals surface area contributed by atoms with Gasteiger partial charge in [-0.05, 0) is 30.7 Å². The van der Waals surface area contributed by atoms with Crippen LogP contribution in [-0.4, -0.2) is 42.4 Å². The second-order valence-electron chi connectivity index (χ2n) is 6.24. The highest BCUT2D eigenvalue weighted by atomic mass is 35.5. The van der Waals surface area contributed by atoms with Crippen molar-refractivity contribution in [3.63, 3.8) is 0 Å². The van der Waals surface area contributed by atoms with Crippen LogP contribution < -0.4 is 4.74 Å². The van der Waals surface area contributed by atoms with Crippen LogP contribution in [0.5, 0.6) is 5.75 Å². The zero-order chi connectivity index (χ0) is 17.6. The van der Waals surface area contributed by atoms with Gasteiger partial charge in [0, 0.05) is 29.7 Å². The van der Waals surface area contributed by atoms with Gasteiger partial charge >= 0.3 is 0 Å². The molecule has 134 valence electrons. The Hall–Kier alpha value is -1.59. The SMILES string of the molecule is CC1C(c2ccc(OCc3ccccc3Cl)cc2)OCCN1CCO. The van der Waals surface area contributed by atoms with Crippen molar-refractivity contribution in [3.05, 3.63) is 64.7 Å². The van der Waals surface area contributed by atoms with Gasteiger partial charge in [0.15, 0.2) is 0 Å². The number of halogens is 1. The molecular weight excluding hydrogens is 338 g/mol. The maximum atomic E-state index is 9.19. The summed E-state index contributed by atoms with van der Waals surface area (Å²) in [6.07, 6.45) is 0.0120. The highest BCUT2D eigenvalue weighted by Crippen LogP contribution is 2.29. The number of aliphatic hydroxyl groups is 1. The third-order valence-corrected chi connectivity index (χ3v) is 5.01. The van der Waals surface area contributed by atoms with Crippen molar-refractivity contribution in [2.45, 2.75) is 25.7 Å². The second-order valence-corrected chi connectivity index (χ2v) is 6.65. The number of morpholine rings is 1. The smallest absolute Gasteiger partial charge is 0.119 e. The van der Waals surface area contributed by atoms with Crippen molar-refractivity contribution in [1.29, 1.82) is 0 Å². The van der Waals surface area contributed by atoms with Crippen molar-refractivity contribution < 1.29 is 14.6 Å². The van der Waals surface area contributed by atoms with Crippen LogP contribution in [0.1, 0.15) is 24.2 Å². The number of rotatable bonds is 6. The van der Waals surface area contributed by atoms with Crippen LogP contribution in [0.4, 0.5) is 0 Å². The summed E-state index contributed by atoms with van der Waals surface area (Å²) >= 11 is 6.15. The summed E-state index contributed by atoms with van der Waals surface area (Å²) in [6.45, 7) is 4.98. The Morgan fingerprint density at radius 1 is 1.20 bits per heavy atom. The molecule has 5 heteroatoms. The Bertz CT molecular complexity index is 675. The van der Waals surface area contributed by atoms with Crippen LogP contribution in [-0.2, 0) is 11.3 Å². The number of hydrogen-bond donors (Lipinski definition) is 1. The minimum absolute atomic E-state index is 0.0120. The molecule has 1 fully saturated rings. The maximum absolute atomic E-state index is 9.19. The topological polar surface area (TPSA) is 41.9 Å². The van der Waals surface area contributed by atoms with Crippen LogP contribution >= 0.6 is 11.6 Å². The highest BCUT2D eigenvalue weighted by molar-refractivity contribution is 6.31. The van der Waals surface area contributed by atoms with Gasteiger partial charge in [0.2, 0.25) is 0 Å². The van der Waals surface area contributed by atoms with E-state index in [0.29, 0.717) is 24.8 Å². The molecule has 0 saturated carbocycles. The summed E-state index contributed by atoms with van der Waals surface area (Å²) in [5.41, 5.74) is 2.09. The van der Waals surface area contributed by atoms with E-state index >= 15 is 0 Å². The molecule has 2 aromatic carbocycles. The number of nitrogens with zero attached hydrogens (tertiary/aromatic N) is 1. The zero-order valence-corrected chi connectivity index (χ0v) is 15.2. The van der Waals surface area contributed by atoms with Crippen LogP contribution in [0, 0.1) is 0 Å². The number of ether oxygens (including phenoxy) is 2. The van der Waals surface area contributed by atoms with Gasteiger partial charge in [-0.1, -0.05) is 41.9 Å². The van der Waals surface area contributed by atoms with E-state index in [1.54, 1.807) is 0 Å². The lowest BCUT2D eigenvalue weighted by molar-refractivity contribution is -0.0704. The van der Waals surface area contributed by atoms with E-state index in [4.69, 9.17) is 21.1 Å². The Labute approximate surface area is 153 Å². The van der Waals surface area contributed by atoms with Crippen molar-refractivity contribution in [3.8, 4) is 5.75 Å². The lowest BCUT2D eigenvalue weighted by Crippen LogP contribution is -2.46. The number of β-amino-alcohol motifs (C(OH)–C–C–N with tert-alkyl or cyclic N) is 1. The Kier molecular flexibility index (Phi) is 6.32. The normalized spacial score (nSPS) is 21.2. The number of aliphatic hydroxyl groups excluding tert-OH is 1. The molecule has 1 saturated heterocycles. The third kappa shape index (κ3) is 4.53. The Morgan fingerprint density at radius 3 is 2.68 bits per heavy atom. The molecule has 0 radical (unpaired) electrons. The monoisotopic (exact) mass is 361 g/mol. The minimum atomic E-state index is 0.0120. The summed E-state index contributed by atoms with van der Waals surface area (Å²) < 4.78 is 11.8. The first kappa shape index (κ1) is 18.2. The van der Waals surface area contributed by atoms with E-state index in [2.05, 4.69) is 11.8 Å². The maximum Gasteiger partial charge on any atom is 0.119 e. The zero-order valence-electron chi connectivity index (χ0n) is 14.4. The summed E-state index contributed by atoms with van der Waals surface area (Å²) in [4.78, 5) is 2.26. The van der Waals surface area contributed by atoms with Gasteiger partial charge in [0.1, 0.15) is 12.4 Å². The molecule has 1 aliphatic heterocycles. The van der Waals surface area contributed by atoms with E-state index in [0.717, 1.165) is 23.4 Å². The van der Waals surface area contributed by atoms with Crippen molar-refractivity contribution >= 4 is 11.6 Å². The standard InChI is InChI=1S/C20H24ClNO3/c1-15-20(24-13-11-22(15)10-12-23)16-6-8-18(9-7-16)25-14-17-4-2-3-5-19(17)21/h2-9,15,20,23H,10-14H2,1H3. The van der Waals surface area contributed by atoms with E-state index in [9.17, 15) is 5.11 Å². The highest BCUT2D eigenvalue weighted by Gasteiger charge is 2.29. The van der Waals surface area contributed by atoms with E-state index < -0.39 is 0 Å². The lowest BCUT2D eigenvalue weighted by atomic mass is 10.0. The molecular formula is C20H24ClNO3. The van der Waals surface area contributed by atoms with Crippen molar-refractivity contribution in [1.82, 2.24) is 4.90 Å². The Morgan fingerprint density at radius 2 is 1.96 bits per heavy atom.